The molecule has 0 fully saturated rings. The Labute approximate surface area is 143 Å². The van der Waals surface area contributed by atoms with Gasteiger partial charge in [-0.25, -0.2) is 4.99 Å². The zero-order valence-corrected chi connectivity index (χ0v) is 14.9. The number of nitrogens with zero attached hydrogens (tertiary/aromatic N) is 1. The van der Waals surface area contributed by atoms with E-state index < -0.39 is 7.60 Å². The first-order chi connectivity index (χ1) is 11.7. The van der Waals surface area contributed by atoms with Gasteiger partial charge in [0.2, 0.25) is 0 Å². The van der Waals surface area contributed by atoms with Crippen molar-refractivity contribution in [3.05, 3.63) is 77.2 Å². The lowest BCUT2D eigenvalue weighted by molar-refractivity contribution is 0.226. The van der Waals surface area contributed by atoms with Crippen molar-refractivity contribution in [1.82, 2.24) is 0 Å². The topological polar surface area (TPSA) is 47.9 Å². The molecule has 0 N–H and O–H groups in total. The Kier molecular flexibility index (Phi) is 7.13. The highest BCUT2D eigenvalue weighted by molar-refractivity contribution is 7.58. The highest BCUT2D eigenvalue weighted by Gasteiger charge is 2.29. The van der Waals surface area contributed by atoms with Crippen molar-refractivity contribution < 1.29 is 13.6 Å². The maximum atomic E-state index is 13.1. The molecule has 0 heterocycles. The van der Waals surface area contributed by atoms with Gasteiger partial charge in [0.05, 0.1) is 13.2 Å². The molecule has 2 aromatic carbocycles. The van der Waals surface area contributed by atoms with Crippen LogP contribution < -0.4 is 0 Å². The first-order valence-corrected chi connectivity index (χ1v) is 9.47. The van der Waals surface area contributed by atoms with Crippen LogP contribution in [-0.2, 0) is 13.6 Å². The molecular weight excluding hydrogens is 321 g/mol. The predicted molar refractivity (Wildman–Crippen MR) is 99.3 cm³/mol. The van der Waals surface area contributed by atoms with E-state index in [-0.39, 0.29) is 13.2 Å². The Morgan fingerprint density at radius 2 is 1.42 bits per heavy atom. The third kappa shape index (κ3) is 5.27. The van der Waals surface area contributed by atoms with Crippen molar-refractivity contribution in [3.63, 3.8) is 0 Å². The second kappa shape index (κ2) is 9.33. The van der Waals surface area contributed by atoms with Crippen LogP contribution in [0.5, 0.6) is 0 Å². The smallest absolute Gasteiger partial charge is 0.304 e. The zero-order valence-electron chi connectivity index (χ0n) is 14.0. The van der Waals surface area contributed by atoms with Crippen LogP contribution >= 0.6 is 7.60 Å². The minimum atomic E-state index is -3.47. The first kappa shape index (κ1) is 18.3. The van der Waals surface area contributed by atoms with E-state index in [9.17, 15) is 4.57 Å². The molecule has 0 radical (unpaired) electrons. The van der Waals surface area contributed by atoms with Crippen LogP contribution in [0.15, 0.2) is 71.1 Å². The van der Waals surface area contributed by atoms with E-state index in [0.717, 1.165) is 11.1 Å². The normalized spacial score (nSPS) is 12.7. The summed E-state index contributed by atoms with van der Waals surface area (Å²) >= 11 is 0. The van der Waals surface area contributed by atoms with Crippen molar-refractivity contribution in [2.24, 2.45) is 4.99 Å². The Morgan fingerprint density at radius 3 is 1.92 bits per heavy atom. The SMILES string of the molecule is CCOP(=O)(OCC)C(=C/c1ccccc1)/N=C/c1ccccc1. The van der Waals surface area contributed by atoms with Crippen LogP contribution in [0.2, 0.25) is 0 Å². The molecule has 0 saturated carbocycles. The fourth-order valence-corrected chi connectivity index (χ4v) is 3.60. The molecule has 0 aliphatic heterocycles. The molecule has 0 amide bonds. The van der Waals surface area contributed by atoms with E-state index in [1.807, 2.05) is 60.7 Å². The molecule has 2 aromatic rings. The van der Waals surface area contributed by atoms with Crippen LogP contribution in [-0.4, -0.2) is 19.4 Å². The minimum Gasteiger partial charge on any atom is -0.304 e. The maximum Gasteiger partial charge on any atom is 0.379 e. The Morgan fingerprint density at radius 1 is 0.917 bits per heavy atom. The summed E-state index contributed by atoms with van der Waals surface area (Å²) in [5, 5.41) is 0. The van der Waals surface area contributed by atoms with E-state index >= 15 is 0 Å². The largest absolute Gasteiger partial charge is 0.379 e. The van der Waals surface area contributed by atoms with Gasteiger partial charge >= 0.3 is 7.60 Å². The molecule has 2 rings (SSSR count). The van der Waals surface area contributed by atoms with Gasteiger partial charge in [-0.2, -0.15) is 0 Å². The minimum absolute atomic E-state index is 0.282. The summed E-state index contributed by atoms with van der Waals surface area (Å²) in [6, 6.07) is 19.2. The molecule has 126 valence electrons. The Hall–Kier alpha value is -2.00. The van der Waals surface area contributed by atoms with Gasteiger partial charge in [0, 0.05) is 6.21 Å². The number of hydrogen-bond donors (Lipinski definition) is 0. The average molecular weight is 343 g/mol. The lowest BCUT2D eigenvalue weighted by Gasteiger charge is -2.17. The molecule has 0 saturated heterocycles. The lowest BCUT2D eigenvalue weighted by atomic mass is 10.2. The molecule has 0 aromatic heterocycles. The highest BCUT2D eigenvalue weighted by Crippen LogP contribution is 2.57. The van der Waals surface area contributed by atoms with Crippen molar-refractivity contribution in [2.45, 2.75) is 13.8 Å². The summed E-state index contributed by atoms with van der Waals surface area (Å²) in [5.41, 5.74) is 2.09. The van der Waals surface area contributed by atoms with Crippen molar-refractivity contribution in [2.75, 3.05) is 13.2 Å². The second-order valence-corrected chi connectivity index (χ2v) is 6.88. The van der Waals surface area contributed by atoms with Gasteiger partial charge in [-0.3, -0.25) is 4.57 Å². The molecular formula is C19H22NO3P. The van der Waals surface area contributed by atoms with Crippen LogP contribution in [0.1, 0.15) is 25.0 Å². The van der Waals surface area contributed by atoms with Gasteiger partial charge < -0.3 is 9.05 Å². The molecule has 0 unspecified atom stereocenters. The summed E-state index contributed by atoms with van der Waals surface area (Å²) < 4.78 is 24.0. The Balaban J connectivity index is 2.42. The molecule has 0 aliphatic rings. The molecule has 0 bridgehead atoms. The van der Waals surface area contributed by atoms with Gasteiger partial charge in [-0.15, -0.1) is 0 Å². The average Bonchev–Trinajstić information content (AvgIpc) is 2.61. The number of hydrogen-bond acceptors (Lipinski definition) is 4. The van der Waals surface area contributed by atoms with Gasteiger partial charge in [0.1, 0.15) is 0 Å². The van der Waals surface area contributed by atoms with Crippen LogP contribution in [0.25, 0.3) is 6.08 Å². The van der Waals surface area contributed by atoms with Gasteiger partial charge in [0.15, 0.2) is 5.44 Å². The van der Waals surface area contributed by atoms with E-state index in [2.05, 4.69) is 4.99 Å². The van der Waals surface area contributed by atoms with Crippen LogP contribution in [0.3, 0.4) is 0 Å². The van der Waals surface area contributed by atoms with Crippen molar-refractivity contribution in [3.8, 4) is 0 Å². The quantitative estimate of drug-likeness (QED) is 0.478. The van der Waals surface area contributed by atoms with E-state index in [4.69, 9.17) is 9.05 Å². The fourth-order valence-electron chi connectivity index (χ4n) is 2.07. The summed E-state index contributed by atoms with van der Waals surface area (Å²) in [6.07, 6.45) is 3.41. The molecule has 0 atom stereocenters. The lowest BCUT2D eigenvalue weighted by Crippen LogP contribution is -1.98. The van der Waals surface area contributed by atoms with Crippen LogP contribution in [0, 0.1) is 0 Å². The van der Waals surface area contributed by atoms with Crippen molar-refractivity contribution in [1.29, 1.82) is 0 Å². The maximum absolute atomic E-state index is 13.1. The molecule has 0 spiro atoms. The molecule has 5 heteroatoms. The Bertz CT molecular complexity index is 717. The molecule has 4 nitrogen and oxygen atoms in total. The first-order valence-electron chi connectivity index (χ1n) is 7.93. The van der Waals surface area contributed by atoms with Gasteiger partial charge in [0.25, 0.3) is 0 Å². The predicted octanol–water partition coefficient (Wildman–Crippen LogP) is 5.37. The van der Waals surface area contributed by atoms with Crippen LogP contribution in [0.4, 0.5) is 0 Å². The van der Waals surface area contributed by atoms with Gasteiger partial charge in [-0.1, -0.05) is 60.7 Å². The van der Waals surface area contributed by atoms with E-state index in [1.54, 1.807) is 26.1 Å². The zero-order chi connectivity index (χ0) is 17.3. The monoisotopic (exact) mass is 343 g/mol. The third-order valence-corrected chi connectivity index (χ3v) is 5.12. The van der Waals surface area contributed by atoms with Gasteiger partial charge in [-0.05, 0) is 31.1 Å². The standard InChI is InChI=1S/C19H22NO3P/c1-3-22-24(21,23-4-2)19(15-17-11-7-5-8-12-17)20-16-18-13-9-6-10-14-18/h5-16H,3-4H2,1-2H3/b19-15+,20-16+. The molecule has 0 aliphatic carbocycles. The van der Waals surface area contributed by atoms with E-state index in [0.29, 0.717) is 5.44 Å². The number of aliphatic imine (C=N–C) groups is 1. The molecule has 24 heavy (non-hydrogen) atoms. The summed E-state index contributed by atoms with van der Waals surface area (Å²) in [4.78, 5) is 4.42. The fraction of sp³-hybridized carbons (Fsp3) is 0.211. The summed E-state index contributed by atoms with van der Waals surface area (Å²) in [7, 11) is -3.47. The third-order valence-electron chi connectivity index (χ3n) is 3.12. The van der Waals surface area contributed by atoms with E-state index in [1.165, 1.54) is 0 Å². The number of benzene rings is 2. The number of rotatable bonds is 8. The van der Waals surface area contributed by atoms with Crippen molar-refractivity contribution >= 4 is 19.9 Å². The highest BCUT2D eigenvalue weighted by atomic mass is 31.2. The summed E-state index contributed by atoms with van der Waals surface area (Å²) in [5.74, 6) is 0. The second-order valence-electron chi connectivity index (χ2n) is 4.92. The summed E-state index contributed by atoms with van der Waals surface area (Å²) in [6.45, 7) is 4.13.